The van der Waals surface area contributed by atoms with Crippen LogP contribution in [-0.2, 0) is 0 Å². The molecule has 2 unspecified atom stereocenters. The molecule has 0 spiro atoms. The lowest BCUT2D eigenvalue weighted by Crippen LogP contribution is -2.37. The van der Waals surface area contributed by atoms with Gasteiger partial charge in [-0.05, 0) is 25.8 Å². The molecule has 1 heterocycles. The Morgan fingerprint density at radius 3 is 2.67 bits per heavy atom. The zero-order valence-corrected chi connectivity index (χ0v) is 11.9. The highest BCUT2D eigenvalue weighted by molar-refractivity contribution is 5.99. The van der Waals surface area contributed by atoms with Crippen LogP contribution < -0.4 is 10.6 Å². The van der Waals surface area contributed by atoms with Crippen LogP contribution in [0.1, 0.15) is 43.2 Å². The van der Waals surface area contributed by atoms with E-state index >= 15 is 0 Å². The van der Waals surface area contributed by atoms with Crippen LogP contribution in [0.4, 0.5) is 5.69 Å². The topological polar surface area (TPSA) is 54.0 Å². The van der Waals surface area contributed by atoms with Gasteiger partial charge in [-0.3, -0.25) is 9.78 Å². The molecular formula is C14H23N3O. The van der Waals surface area contributed by atoms with Crippen LogP contribution in [0.15, 0.2) is 12.3 Å². The first-order valence-electron chi connectivity index (χ1n) is 6.44. The lowest BCUT2D eigenvalue weighted by Gasteiger charge is -2.20. The number of nitrogens with zero attached hydrogens (tertiary/aromatic N) is 1. The Morgan fingerprint density at radius 1 is 1.44 bits per heavy atom. The Balaban J connectivity index is 2.84. The van der Waals surface area contributed by atoms with Crippen molar-refractivity contribution in [3.8, 4) is 0 Å². The number of hydrogen-bond acceptors (Lipinski definition) is 3. The van der Waals surface area contributed by atoms with Gasteiger partial charge in [-0.1, -0.05) is 20.3 Å². The molecule has 0 aromatic carbocycles. The van der Waals surface area contributed by atoms with E-state index < -0.39 is 0 Å². The average Bonchev–Trinajstić information content (AvgIpc) is 2.37. The van der Waals surface area contributed by atoms with Crippen molar-refractivity contribution in [2.45, 2.75) is 40.2 Å². The number of pyridine rings is 1. The van der Waals surface area contributed by atoms with Crippen LogP contribution in [0.3, 0.4) is 0 Å². The molecule has 0 saturated carbocycles. The molecular weight excluding hydrogens is 226 g/mol. The van der Waals surface area contributed by atoms with Crippen LogP contribution in [0.2, 0.25) is 0 Å². The first kappa shape index (κ1) is 14.5. The Bertz CT molecular complexity index is 418. The van der Waals surface area contributed by atoms with Gasteiger partial charge in [0.1, 0.15) is 0 Å². The first-order valence-corrected chi connectivity index (χ1v) is 6.44. The Morgan fingerprint density at radius 2 is 2.11 bits per heavy atom. The predicted octanol–water partition coefficient (Wildman–Crippen LogP) is 2.60. The number of nitrogens with one attached hydrogen (secondary N) is 2. The molecule has 4 nitrogen and oxygen atoms in total. The Kier molecular flexibility index (Phi) is 5.13. The van der Waals surface area contributed by atoms with Crippen LogP contribution in [0.25, 0.3) is 0 Å². The number of amides is 1. The summed E-state index contributed by atoms with van der Waals surface area (Å²) in [4.78, 5) is 16.4. The second-order valence-corrected chi connectivity index (χ2v) is 4.77. The third kappa shape index (κ3) is 3.45. The minimum atomic E-state index is -0.0698. The van der Waals surface area contributed by atoms with E-state index in [9.17, 15) is 4.79 Å². The third-order valence-electron chi connectivity index (χ3n) is 3.41. The fraction of sp³-hybridized carbons (Fsp3) is 0.571. The van der Waals surface area contributed by atoms with Gasteiger partial charge in [0.25, 0.3) is 5.91 Å². The van der Waals surface area contributed by atoms with E-state index in [4.69, 9.17) is 0 Å². The van der Waals surface area contributed by atoms with Crippen molar-refractivity contribution in [1.82, 2.24) is 10.3 Å². The first-order chi connectivity index (χ1) is 8.49. The highest BCUT2D eigenvalue weighted by atomic mass is 16.1. The van der Waals surface area contributed by atoms with Crippen LogP contribution in [0, 0.1) is 12.8 Å². The highest BCUT2D eigenvalue weighted by Crippen LogP contribution is 2.16. The van der Waals surface area contributed by atoms with Gasteiger partial charge in [0.2, 0.25) is 0 Å². The Hall–Kier alpha value is -1.58. The van der Waals surface area contributed by atoms with Crippen LogP contribution in [0.5, 0.6) is 0 Å². The molecule has 1 amide bonds. The van der Waals surface area contributed by atoms with Crippen molar-refractivity contribution in [3.63, 3.8) is 0 Å². The number of aryl methyl sites for hydroxylation is 1. The van der Waals surface area contributed by atoms with E-state index in [2.05, 4.69) is 29.5 Å². The molecule has 1 aromatic rings. The Labute approximate surface area is 109 Å². The summed E-state index contributed by atoms with van der Waals surface area (Å²) >= 11 is 0. The summed E-state index contributed by atoms with van der Waals surface area (Å²) in [5, 5.41) is 6.06. The molecule has 100 valence electrons. The molecule has 0 aliphatic rings. The molecule has 0 bridgehead atoms. The van der Waals surface area contributed by atoms with Crippen molar-refractivity contribution >= 4 is 11.6 Å². The number of anilines is 1. The van der Waals surface area contributed by atoms with Gasteiger partial charge >= 0.3 is 0 Å². The average molecular weight is 249 g/mol. The molecule has 18 heavy (non-hydrogen) atoms. The smallest absolute Gasteiger partial charge is 0.255 e. The summed E-state index contributed by atoms with van der Waals surface area (Å²) < 4.78 is 0. The fourth-order valence-electron chi connectivity index (χ4n) is 1.73. The summed E-state index contributed by atoms with van der Waals surface area (Å²) in [6.45, 7) is 8.20. The van der Waals surface area contributed by atoms with Gasteiger partial charge in [-0.2, -0.15) is 0 Å². The highest BCUT2D eigenvalue weighted by Gasteiger charge is 2.17. The van der Waals surface area contributed by atoms with Crippen LogP contribution >= 0.6 is 0 Å². The standard InChI is InChI=1S/C14H23N3O/c1-6-9(2)11(4)17-14(18)12-8-16-10(3)7-13(12)15-5/h7-9,11H,6H2,1-5H3,(H,15,16)(H,17,18). The number of hydrogen-bond donors (Lipinski definition) is 2. The molecule has 2 atom stereocenters. The molecule has 0 aliphatic heterocycles. The summed E-state index contributed by atoms with van der Waals surface area (Å²) in [6, 6.07) is 2.04. The van der Waals surface area contributed by atoms with Gasteiger partial charge in [0.15, 0.2) is 0 Å². The van der Waals surface area contributed by atoms with Crippen molar-refractivity contribution in [3.05, 3.63) is 23.5 Å². The van der Waals surface area contributed by atoms with E-state index in [0.29, 0.717) is 11.5 Å². The SMILES string of the molecule is CCC(C)C(C)NC(=O)c1cnc(C)cc1NC. The van der Waals surface area contributed by atoms with Gasteiger partial charge in [0.05, 0.1) is 11.3 Å². The van der Waals surface area contributed by atoms with Crippen molar-refractivity contribution in [2.75, 3.05) is 12.4 Å². The monoisotopic (exact) mass is 249 g/mol. The summed E-state index contributed by atoms with van der Waals surface area (Å²) in [7, 11) is 1.81. The summed E-state index contributed by atoms with van der Waals surface area (Å²) in [5.41, 5.74) is 2.31. The molecule has 0 saturated heterocycles. The second-order valence-electron chi connectivity index (χ2n) is 4.77. The maximum atomic E-state index is 12.2. The number of carbonyl (C=O) groups is 1. The zero-order chi connectivity index (χ0) is 13.7. The fourth-order valence-corrected chi connectivity index (χ4v) is 1.73. The molecule has 0 fully saturated rings. The minimum absolute atomic E-state index is 0.0698. The predicted molar refractivity (Wildman–Crippen MR) is 74.9 cm³/mol. The maximum absolute atomic E-state index is 12.2. The second kappa shape index (κ2) is 6.38. The number of carbonyl (C=O) groups excluding carboxylic acids is 1. The number of rotatable bonds is 5. The van der Waals surface area contributed by atoms with E-state index in [1.54, 1.807) is 6.20 Å². The van der Waals surface area contributed by atoms with Gasteiger partial charge in [0, 0.05) is 25.0 Å². The lowest BCUT2D eigenvalue weighted by atomic mass is 10.0. The van der Waals surface area contributed by atoms with Gasteiger partial charge in [-0.25, -0.2) is 0 Å². The number of aromatic nitrogens is 1. The summed E-state index contributed by atoms with van der Waals surface area (Å²) in [6.07, 6.45) is 2.67. The normalized spacial score (nSPS) is 13.8. The lowest BCUT2D eigenvalue weighted by molar-refractivity contribution is 0.0928. The van der Waals surface area contributed by atoms with E-state index in [1.807, 2.05) is 27.0 Å². The maximum Gasteiger partial charge on any atom is 0.255 e. The molecule has 2 N–H and O–H groups in total. The van der Waals surface area contributed by atoms with Crippen molar-refractivity contribution in [1.29, 1.82) is 0 Å². The largest absolute Gasteiger partial charge is 0.387 e. The molecule has 1 aromatic heterocycles. The molecule has 0 radical (unpaired) electrons. The minimum Gasteiger partial charge on any atom is -0.387 e. The van der Waals surface area contributed by atoms with Gasteiger partial charge < -0.3 is 10.6 Å². The molecule has 4 heteroatoms. The third-order valence-corrected chi connectivity index (χ3v) is 3.41. The van der Waals surface area contributed by atoms with Crippen molar-refractivity contribution < 1.29 is 4.79 Å². The quantitative estimate of drug-likeness (QED) is 0.843. The van der Waals surface area contributed by atoms with E-state index in [0.717, 1.165) is 17.8 Å². The van der Waals surface area contributed by atoms with Gasteiger partial charge in [-0.15, -0.1) is 0 Å². The van der Waals surface area contributed by atoms with Crippen molar-refractivity contribution in [2.24, 2.45) is 5.92 Å². The molecule has 0 aliphatic carbocycles. The summed E-state index contributed by atoms with van der Waals surface area (Å²) in [5.74, 6) is 0.394. The van der Waals surface area contributed by atoms with Crippen LogP contribution in [-0.4, -0.2) is 24.0 Å². The molecule has 1 rings (SSSR count). The van der Waals surface area contributed by atoms with E-state index in [1.165, 1.54) is 0 Å². The zero-order valence-electron chi connectivity index (χ0n) is 11.9. The van der Waals surface area contributed by atoms with E-state index in [-0.39, 0.29) is 11.9 Å².